The fourth-order valence-corrected chi connectivity index (χ4v) is 4.07. The monoisotopic (exact) mass is 573 g/mol. The van der Waals surface area contributed by atoms with Crippen LogP contribution in [-0.2, 0) is 25.3 Å². The van der Waals surface area contributed by atoms with Crippen molar-refractivity contribution in [3.63, 3.8) is 0 Å². The minimum Gasteiger partial charge on any atom is -0.488 e. The summed E-state index contributed by atoms with van der Waals surface area (Å²) in [5.41, 5.74) is 2.43. The van der Waals surface area contributed by atoms with E-state index in [-0.39, 0.29) is 35.3 Å². The lowest BCUT2D eigenvalue weighted by Gasteiger charge is -2.22. The van der Waals surface area contributed by atoms with Gasteiger partial charge in [-0.3, -0.25) is 9.59 Å². The molecular weight excluding hydrogens is 543 g/mol. The number of halogens is 3. The third-order valence-corrected chi connectivity index (χ3v) is 6.18. The van der Waals surface area contributed by atoms with E-state index in [1.807, 2.05) is 0 Å². The summed E-state index contributed by atoms with van der Waals surface area (Å²) in [5.74, 6) is -0.336. The number of carbonyl (C=O) groups is 2. The Labute approximate surface area is 234 Å². The molecule has 2 unspecified atom stereocenters. The normalized spacial score (nSPS) is 16.0. The summed E-state index contributed by atoms with van der Waals surface area (Å²) in [7, 11) is 0. The van der Waals surface area contributed by atoms with Gasteiger partial charge in [0.15, 0.2) is 6.29 Å². The Hall–Kier alpha value is -4.23. The van der Waals surface area contributed by atoms with Gasteiger partial charge in [0.05, 0.1) is 22.9 Å². The van der Waals surface area contributed by atoms with Gasteiger partial charge in [-0.2, -0.15) is 13.2 Å². The molecule has 1 aromatic heterocycles. The van der Waals surface area contributed by atoms with Gasteiger partial charge < -0.3 is 20.1 Å². The van der Waals surface area contributed by atoms with Crippen molar-refractivity contribution >= 4 is 39.9 Å². The van der Waals surface area contributed by atoms with Gasteiger partial charge in [-0.05, 0) is 56.5 Å². The lowest BCUT2D eigenvalue weighted by molar-refractivity contribution is -0.200. The number of benzene rings is 2. The summed E-state index contributed by atoms with van der Waals surface area (Å²) in [4.78, 5) is 38.1. The lowest BCUT2D eigenvalue weighted by Crippen LogP contribution is -2.33. The molecule has 1 aliphatic heterocycles. The first kappa shape index (κ1) is 29.7. The second-order valence-corrected chi connectivity index (χ2v) is 9.39. The molecule has 0 radical (unpaired) electrons. The van der Waals surface area contributed by atoms with Crippen molar-refractivity contribution in [1.29, 1.82) is 0 Å². The van der Waals surface area contributed by atoms with Crippen molar-refractivity contribution in [3.05, 3.63) is 60.9 Å². The minimum atomic E-state index is -4.51. The average Bonchev–Trinajstić information content (AvgIpc) is 2.96. The van der Waals surface area contributed by atoms with Crippen LogP contribution in [-0.4, -0.2) is 40.8 Å². The molecule has 1 fully saturated rings. The van der Waals surface area contributed by atoms with Crippen LogP contribution in [0.4, 0.5) is 30.4 Å². The summed E-state index contributed by atoms with van der Waals surface area (Å²) < 4.78 is 51.0. The molecule has 3 aromatic rings. The van der Waals surface area contributed by atoms with Gasteiger partial charge in [-0.1, -0.05) is 12.6 Å². The first-order chi connectivity index (χ1) is 19.6. The largest absolute Gasteiger partial charge is 0.488 e. The first-order valence-electron chi connectivity index (χ1n) is 13.0. The standard InChI is InChI=1S/C28H30F3N5O5/c1-3-24(37)35-22-14-20-21(32-16-33-27(20)34-19-8-6-7-18(13-19)28(29,30)31)15-23(22)40-17(2)10-11-25(38)36-41-26-9-4-5-12-39-26/h3,6-8,13-17,26H,1,4-5,9-12H2,2H3,(H,35,37)(H,36,38)(H,32,33,34). The summed E-state index contributed by atoms with van der Waals surface area (Å²) in [6.07, 6.45) is 0.0213. The summed E-state index contributed by atoms with van der Waals surface area (Å²) >= 11 is 0. The van der Waals surface area contributed by atoms with Crippen LogP contribution in [0.15, 0.2) is 55.4 Å². The number of alkyl halides is 3. The van der Waals surface area contributed by atoms with Crippen LogP contribution < -0.4 is 20.9 Å². The van der Waals surface area contributed by atoms with E-state index < -0.39 is 30.0 Å². The van der Waals surface area contributed by atoms with Crippen LogP contribution in [0.3, 0.4) is 0 Å². The van der Waals surface area contributed by atoms with Crippen LogP contribution in [0.25, 0.3) is 10.9 Å². The van der Waals surface area contributed by atoms with Gasteiger partial charge in [0.25, 0.3) is 0 Å². The maximum atomic E-state index is 13.2. The molecule has 0 bridgehead atoms. The number of hydrogen-bond donors (Lipinski definition) is 3. The predicted octanol–water partition coefficient (Wildman–Crippen LogP) is 5.64. The van der Waals surface area contributed by atoms with Crippen LogP contribution in [0, 0.1) is 0 Å². The molecule has 4 rings (SSSR count). The highest BCUT2D eigenvalue weighted by Gasteiger charge is 2.30. The summed E-state index contributed by atoms with van der Waals surface area (Å²) in [6.45, 7) is 5.82. The Kier molecular flexibility index (Phi) is 9.73. The lowest BCUT2D eigenvalue weighted by atomic mass is 10.1. The van der Waals surface area contributed by atoms with E-state index in [1.165, 1.54) is 18.5 Å². The molecule has 2 aromatic carbocycles. The van der Waals surface area contributed by atoms with E-state index in [9.17, 15) is 22.8 Å². The molecule has 1 aliphatic rings. The number of fused-ring (bicyclic) bond motifs is 1. The molecular formula is C28H30F3N5O5. The number of ether oxygens (including phenoxy) is 2. The zero-order valence-electron chi connectivity index (χ0n) is 22.3. The van der Waals surface area contributed by atoms with Crippen LogP contribution in [0.5, 0.6) is 5.75 Å². The molecule has 218 valence electrons. The molecule has 1 saturated heterocycles. The van der Waals surface area contributed by atoms with E-state index >= 15 is 0 Å². The van der Waals surface area contributed by atoms with Crippen molar-refractivity contribution < 1.29 is 37.1 Å². The van der Waals surface area contributed by atoms with E-state index in [2.05, 4.69) is 32.7 Å². The molecule has 0 aliphatic carbocycles. The van der Waals surface area contributed by atoms with Gasteiger partial charge in [0, 0.05) is 36.6 Å². The maximum Gasteiger partial charge on any atom is 0.416 e. The van der Waals surface area contributed by atoms with Crippen molar-refractivity contribution in [2.24, 2.45) is 0 Å². The topological polar surface area (TPSA) is 124 Å². The number of nitrogens with zero attached hydrogens (tertiary/aromatic N) is 2. The average molecular weight is 574 g/mol. The van der Waals surface area contributed by atoms with Crippen LogP contribution in [0.1, 0.15) is 44.6 Å². The Morgan fingerprint density at radius 3 is 2.78 bits per heavy atom. The Balaban J connectivity index is 1.49. The van der Waals surface area contributed by atoms with Gasteiger partial charge in [-0.15, -0.1) is 0 Å². The molecule has 13 heteroatoms. The quantitative estimate of drug-likeness (QED) is 0.199. The third kappa shape index (κ3) is 8.38. The zero-order chi connectivity index (χ0) is 29.4. The molecule has 41 heavy (non-hydrogen) atoms. The van der Waals surface area contributed by atoms with Crippen LogP contribution in [0.2, 0.25) is 0 Å². The molecule has 0 spiro atoms. The van der Waals surface area contributed by atoms with E-state index in [4.69, 9.17) is 14.3 Å². The number of anilines is 3. The number of carbonyl (C=O) groups excluding carboxylic acids is 2. The van der Waals surface area contributed by atoms with E-state index in [1.54, 1.807) is 19.1 Å². The van der Waals surface area contributed by atoms with Crippen LogP contribution >= 0.6 is 0 Å². The number of rotatable bonds is 11. The second-order valence-electron chi connectivity index (χ2n) is 9.39. The number of nitrogens with one attached hydrogen (secondary N) is 3. The van der Waals surface area contributed by atoms with E-state index in [0.717, 1.165) is 31.1 Å². The highest BCUT2D eigenvalue weighted by Crippen LogP contribution is 2.35. The maximum absolute atomic E-state index is 13.2. The fraction of sp³-hybridized carbons (Fsp3) is 0.357. The Morgan fingerprint density at radius 1 is 1.22 bits per heavy atom. The highest BCUT2D eigenvalue weighted by atomic mass is 19.4. The van der Waals surface area contributed by atoms with Crippen molar-refractivity contribution in [2.45, 2.75) is 57.6 Å². The number of aromatic nitrogens is 2. The predicted molar refractivity (Wildman–Crippen MR) is 145 cm³/mol. The smallest absolute Gasteiger partial charge is 0.416 e. The number of amides is 2. The van der Waals surface area contributed by atoms with E-state index in [0.29, 0.717) is 30.4 Å². The molecule has 3 N–H and O–H groups in total. The third-order valence-electron chi connectivity index (χ3n) is 6.18. The van der Waals surface area contributed by atoms with Gasteiger partial charge >= 0.3 is 6.18 Å². The first-order valence-corrected chi connectivity index (χ1v) is 13.0. The van der Waals surface area contributed by atoms with Gasteiger partial charge in [0.1, 0.15) is 17.9 Å². The van der Waals surface area contributed by atoms with Gasteiger partial charge in [-0.25, -0.2) is 20.3 Å². The number of hydrogen-bond acceptors (Lipinski definition) is 8. The molecule has 10 nitrogen and oxygen atoms in total. The Morgan fingerprint density at radius 2 is 2.05 bits per heavy atom. The van der Waals surface area contributed by atoms with Gasteiger partial charge in [0.2, 0.25) is 11.8 Å². The molecule has 2 heterocycles. The second kappa shape index (κ2) is 13.4. The molecule has 0 saturated carbocycles. The molecule has 2 atom stereocenters. The van der Waals surface area contributed by atoms with Crippen molar-refractivity contribution in [2.75, 3.05) is 17.2 Å². The SMILES string of the molecule is C=CC(=O)Nc1cc2c(Nc3cccc(C(F)(F)F)c3)ncnc2cc1OC(C)CCC(=O)NOC1CCCCO1. The fourth-order valence-electron chi connectivity index (χ4n) is 4.07. The zero-order valence-corrected chi connectivity index (χ0v) is 22.3. The minimum absolute atomic E-state index is 0.114. The Bertz CT molecular complexity index is 1400. The summed E-state index contributed by atoms with van der Waals surface area (Å²) in [6, 6.07) is 7.84. The highest BCUT2D eigenvalue weighted by molar-refractivity contribution is 6.03. The van der Waals surface area contributed by atoms with Crippen molar-refractivity contribution in [1.82, 2.24) is 15.4 Å². The molecule has 2 amide bonds. The van der Waals surface area contributed by atoms with Crippen molar-refractivity contribution in [3.8, 4) is 5.75 Å². The number of hydroxylamine groups is 1. The summed E-state index contributed by atoms with van der Waals surface area (Å²) in [5, 5.41) is 5.99.